The molecule has 1 atom stereocenters. The third kappa shape index (κ3) is 3.94. The van der Waals surface area contributed by atoms with Crippen molar-refractivity contribution in [2.24, 2.45) is 0 Å². The second-order valence-electron chi connectivity index (χ2n) is 5.55. The molecule has 1 fully saturated rings. The van der Waals surface area contributed by atoms with E-state index in [1.165, 1.54) is 12.1 Å². The molecule has 2 rings (SSSR count). The molecule has 1 aliphatic heterocycles. The van der Waals surface area contributed by atoms with Crippen LogP contribution in [0.5, 0.6) is 5.75 Å². The van der Waals surface area contributed by atoms with Crippen LogP contribution in [0.25, 0.3) is 0 Å². The summed E-state index contributed by atoms with van der Waals surface area (Å²) in [5.41, 5.74) is 0.825. The molecule has 1 aromatic carbocycles. The molecule has 4 nitrogen and oxygen atoms in total. The van der Waals surface area contributed by atoms with Crippen LogP contribution in [0.2, 0.25) is 0 Å². The minimum Gasteiger partial charge on any atom is -0.496 e. The quantitative estimate of drug-likeness (QED) is 0.927. The van der Waals surface area contributed by atoms with Gasteiger partial charge in [0.2, 0.25) is 5.91 Å². The predicted molar refractivity (Wildman–Crippen MR) is 79.8 cm³/mol. The maximum atomic E-state index is 13.4. The zero-order valence-corrected chi connectivity index (χ0v) is 12.9. The fourth-order valence-corrected chi connectivity index (χ4v) is 2.85. The largest absolute Gasteiger partial charge is 0.496 e. The molecule has 21 heavy (non-hydrogen) atoms. The second-order valence-corrected chi connectivity index (χ2v) is 5.55. The summed E-state index contributed by atoms with van der Waals surface area (Å²) in [5, 5.41) is 3.51. The lowest BCUT2D eigenvalue weighted by atomic mass is 10.0. The van der Waals surface area contributed by atoms with Crippen molar-refractivity contribution in [2.45, 2.75) is 38.8 Å². The fourth-order valence-electron chi connectivity index (χ4n) is 2.85. The van der Waals surface area contributed by atoms with Crippen molar-refractivity contribution < 1.29 is 13.9 Å². The first-order valence-corrected chi connectivity index (χ1v) is 7.36. The molecular formula is C16H23FN2O2. The highest BCUT2D eigenvalue weighted by Gasteiger charge is 2.23. The van der Waals surface area contributed by atoms with Crippen LogP contribution >= 0.6 is 0 Å². The van der Waals surface area contributed by atoms with E-state index in [9.17, 15) is 9.18 Å². The van der Waals surface area contributed by atoms with Crippen molar-refractivity contribution in [3.63, 3.8) is 0 Å². The molecule has 0 unspecified atom stereocenters. The third-order valence-electron chi connectivity index (χ3n) is 4.08. The van der Waals surface area contributed by atoms with Gasteiger partial charge in [-0.3, -0.25) is 4.79 Å². The predicted octanol–water partition coefficient (Wildman–Crippen LogP) is 2.50. The molecule has 0 radical (unpaired) electrons. The van der Waals surface area contributed by atoms with Gasteiger partial charge in [0.1, 0.15) is 11.6 Å². The van der Waals surface area contributed by atoms with Crippen LogP contribution < -0.4 is 10.1 Å². The van der Waals surface area contributed by atoms with Gasteiger partial charge in [0.25, 0.3) is 0 Å². The van der Waals surface area contributed by atoms with Crippen molar-refractivity contribution in [1.29, 1.82) is 0 Å². The molecular weight excluding hydrogens is 271 g/mol. The molecule has 1 aliphatic rings. The molecule has 1 heterocycles. The number of rotatable bonds is 4. The van der Waals surface area contributed by atoms with E-state index in [1.54, 1.807) is 20.1 Å². The van der Waals surface area contributed by atoms with E-state index in [0.717, 1.165) is 31.5 Å². The van der Waals surface area contributed by atoms with Gasteiger partial charge in [0, 0.05) is 37.7 Å². The van der Waals surface area contributed by atoms with Gasteiger partial charge in [0.15, 0.2) is 0 Å². The number of carbonyl (C=O) groups is 1. The van der Waals surface area contributed by atoms with E-state index >= 15 is 0 Å². The van der Waals surface area contributed by atoms with Crippen molar-refractivity contribution in [3.05, 3.63) is 29.6 Å². The van der Waals surface area contributed by atoms with Crippen LogP contribution in [0.15, 0.2) is 18.2 Å². The zero-order chi connectivity index (χ0) is 15.4. The summed E-state index contributed by atoms with van der Waals surface area (Å²) in [7, 11) is 1.59. The maximum absolute atomic E-state index is 13.4. The average Bonchev–Trinajstić information content (AvgIpc) is 2.47. The molecule has 0 aromatic heterocycles. The normalized spacial score (nSPS) is 17.6. The van der Waals surface area contributed by atoms with Gasteiger partial charge in [-0.05, 0) is 38.0 Å². The van der Waals surface area contributed by atoms with Gasteiger partial charge in [-0.15, -0.1) is 0 Å². The van der Waals surface area contributed by atoms with E-state index in [1.807, 2.05) is 11.8 Å². The molecule has 0 bridgehead atoms. The van der Waals surface area contributed by atoms with Gasteiger partial charge >= 0.3 is 0 Å². The van der Waals surface area contributed by atoms with Crippen LogP contribution in [0, 0.1) is 5.82 Å². The Morgan fingerprint density at radius 2 is 2.10 bits per heavy atom. The van der Waals surface area contributed by atoms with E-state index in [4.69, 9.17) is 4.74 Å². The van der Waals surface area contributed by atoms with Crippen molar-refractivity contribution >= 4 is 5.91 Å². The summed E-state index contributed by atoms with van der Waals surface area (Å²) in [6.07, 6.45) is 1.84. The number of hydrogen-bond acceptors (Lipinski definition) is 3. The lowest BCUT2D eigenvalue weighted by molar-refractivity contribution is -0.129. The number of ether oxygens (including phenoxy) is 1. The summed E-state index contributed by atoms with van der Waals surface area (Å²) in [5.74, 6) is 0.566. The molecule has 0 aliphatic carbocycles. The van der Waals surface area contributed by atoms with E-state index in [2.05, 4.69) is 5.32 Å². The highest BCUT2D eigenvalue weighted by atomic mass is 19.1. The number of likely N-dealkylation sites (tertiary alicyclic amines) is 1. The Hall–Kier alpha value is -1.62. The summed E-state index contributed by atoms with van der Waals surface area (Å²) in [6.45, 7) is 5.17. The third-order valence-corrected chi connectivity index (χ3v) is 4.08. The number of hydrogen-bond donors (Lipinski definition) is 1. The number of nitrogens with one attached hydrogen (secondary N) is 1. The number of piperidine rings is 1. The highest BCUT2D eigenvalue weighted by Crippen LogP contribution is 2.27. The second kappa shape index (κ2) is 6.89. The minimum atomic E-state index is -0.258. The minimum absolute atomic E-state index is 0.00419. The van der Waals surface area contributed by atoms with Gasteiger partial charge in [-0.2, -0.15) is 0 Å². The monoisotopic (exact) mass is 294 g/mol. The number of amides is 1. The molecule has 5 heteroatoms. The smallest absolute Gasteiger partial charge is 0.219 e. The fraction of sp³-hybridized carbons (Fsp3) is 0.562. The lowest BCUT2D eigenvalue weighted by Gasteiger charge is -2.33. The summed E-state index contributed by atoms with van der Waals surface area (Å²) in [6, 6.07) is 4.91. The Kier molecular flexibility index (Phi) is 5.17. The van der Waals surface area contributed by atoms with E-state index in [-0.39, 0.29) is 17.8 Å². The molecule has 0 saturated carbocycles. The van der Waals surface area contributed by atoms with Crippen molar-refractivity contribution in [1.82, 2.24) is 10.2 Å². The molecule has 116 valence electrons. The number of carbonyl (C=O) groups excluding carboxylic acids is 1. The van der Waals surface area contributed by atoms with Gasteiger partial charge in [-0.25, -0.2) is 4.39 Å². The van der Waals surface area contributed by atoms with Crippen LogP contribution in [0.3, 0.4) is 0 Å². The first-order chi connectivity index (χ1) is 10.0. The van der Waals surface area contributed by atoms with Crippen molar-refractivity contribution in [2.75, 3.05) is 20.2 Å². The summed E-state index contributed by atoms with van der Waals surface area (Å²) < 4.78 is 18.7. The van der Waals surface area contributed by atoms with Crippen LogP contribution in [0.1, 0.15) is 38.3 Å². The number of halogens is 1. The first-order valence-electron chi connectivity index (χ1n) is 7.36. The molecule has 1 saturated heterocycles. The topological polar surface area (TPSA) is 41.6 Å². The average molecular weight is 294 g/mol. The van der Waals surface area contributed by atoms with E-state index < -0.39 is 0 Å². The standard InChI is InChI=1S/C16H23FN2O2/c1-11(15-10-13(17)4-5-16(15)21-3)18-14-6-8-19(9-7-14)12(2)20/h4-5,10-11,14,18H,6-9H2,1-3H3/t11-/m0/s1. The molecule has 1 aromatic rings. The molecule has 0 spiro atoms. The Bertz CT molecular complexity index is 499. The van der Waals surface area contributed by atoms with Crippen LogP contribution in [-0.2, 0) is 4.79 Å². The Labute approximate surface area is 125 Å². The maximum Gasteiger partial charge on any atom is 0.219 e. The Morgan fingerprint density at radius 3 is 2.67 bits per heavy atom. The van der Waals surface area contributed by atoms with Crippen molar-refractivity contribution in [3.8, 4) is 5.75 Å². The first kappa shape index (κ1) is 15.8. The van der Waals surface area contributed by atoms with Gasteiger partial charge < -0.3 is 15.0 Å². The summed E-state index contributed by atoms with van der Waals surface area (Å²) in [4.78, 5) is 13.2. The molecule has 1 N–H and O–H groups in total. The number of methoxy groups -OCH3 is 1. The SMILES string of the molecule is COc1ccc(F)cc1[C@H](C)NC1CCN(C(C)=O)CC1. The zero-order valence-electron chi connectivity index (χ0n) is 12.9. The highest BCUT2D eigenvalue weighted by molar-refractivity contribution is 5.73. The van der Waals surface area contributed by atoms with Gasteiger partial charge in [-0.1, -0.05) is 0 Å². The number of benzene rings is 1. The Balaban J connectivity index is 1.98. The lowest BCUT2D eigenvalue weighted by Crippen LogP contribution is -2.44. The van der Waals surface area contributed by atoms with Crippen LogP contribution in [0.4, 0.5) is 4.39 Å². The number of nitrogens with zero attached hydrogens (tertiary/aromatic N) is 1. The van der Waals surface area contributed by atoms with Crippen LogP contribution in [-0.4, -0.2) is 37.0 Å². The molecule has 1 amide bonds. The Morgan fingerprint density at radius 1 is 1.43 bits per heavy atom. The van der Waals surface area contributed by atoms with Gasteiger partial charge in [0.05, 0.1) is 7.11 Å². The summed E-state index contributed by atoms with van der Waals surface area (Å²) >= 11 is 0. The van der Waals surface area contributed by atoms with E-state index in [0.29, 0.717) is 11.8 Å².